The number of fused-ring (bicyclic) bond motifs is 1. The van der Waals surface area contributed by atoms with Crippen molar-refractivity contribution in [2.24, 2.45) is 4.99 Å². The lowest BCUT2D eigenvalue weighted by Crippen LogP contribution is -2.27. The second-order valence-corrected chi connectivity index (χ2v) is 5.81. The molecule has 0 bridgehead atoms. The van der Waals surface area contributed by atoms with E-state index in [9.17, 15) is 4.79 Å². The Hall–Kier alpha value is -2.82. The summed E-state index contributed by atoms with van der Waals surface area (Å²) >= 11 is 0. The molecule has 0 fully saturated rings. The Morgan fingerprint density at radius 1 is 1.12 bits per heavy atom. The van der Waals surface area contributed by atoms with Crippen LogP contribution in [0.2, 0.25) is 0 Å². The smallest absolute Gasteiger partial charge is 0.251 e. The van der Waals surface area contributed by atoms with Crippen LogP contribution >= 0.6 is 0 Å². The van der Waals surface area contributed by atoms with Gasteiger partial charge in [-0.15, -0.1) is 0 Å². The van der Waals surface area contributed by atoms with E-state index < -0.39 is 0 Å². The Labute approximate surface area is 147 Å². The third kappa shape index (κ3) is 3.82. The molecule has 5 heteroatoms. The Bertz CT molecular complexity index is 785. The SMILES string of the molecule is COc1cc2c(cc1OC)C(CCNC(=O)c1ccccc1)=NCC2. The first-order valence-electron chi connectivity index (χ1n) is 8.34. The number of methoxy groups -OCH3 is 2. The summed E-state index contributed by atoms with van der Waals surface area (Å²) in [5.74, 6) is 1.37. The number of carbonyl (C=O) groups excluding carboxylic acids is 1. The van der Waals surface area contributed by atoms with Gasteiger partial charge in [0.25, 0.3) is 5.91 Å². The number of aliphatic imine (C=N–C) groups is 1. The molecule has 3 rings (SSSR count). The maximum atomic E-state index is 12.1. The predicted octanol–water partition coefficient (Wildman–Crippen LogP) is 2.87. The number of carbonyl (C=O) groups is 1. The van der Waals surface area contributed by atoms with Crippen molar-refractivity contribution in [2.75, 3.05) is 27.3 Å². The van der Waals surface area contributed by atoms with Gasteiger partial charge in [0.15, 0.2) is 11.5 Å². The van der Waals surface area contributed by atoms with E-state index in [4.69, 9.17) is 9.47 Å². The lowest BCUT2D eigenvalue weighted by Gasteiger charge is -2.20. The van der Waals surface area contributed by atoms with Gasteiger partial charge in [-0.2, -0.15) is 0 Å². The van der Waals surface area contributed by atoms with Gasteiger partial charge in [0.05, 0.1) is 14.2 Å². The van der Waals surface area contributed by atoms with Gasteiger partial charge in [-0.25, -0.2) is 0 Å². The van der Waals surface area contributed by atoms with Gasteiger partial charge < -0.3 is 14.8 Å². The number of rotatable bonds is 6. The van der Waals surface area contributed by atoms with Gasteiger partial charge in [-0.05, 0) is 36.2 Å². The molecule has 25 heavy (non-hydrogen) atoms. The van der Waals surface area contributed by atoms with Gasteiger partial charge >= 0.3 is 0 Å². The molecule has 0 radical (unpaired) electrons. The normalized spacial score (nSPS) is 12.8. The van der Waals surface area contributed by atoms with Crippen LogP contribution in [0.5, 0.6) is 11.5 Å². The summed E-state index contributed by atoms with van der Waals surface area (Å²) in [4.78, 5) is 16.8. The van der Waals surface area contributed by atoms with Crippen molar-refractivity contribution < 1.29 is 14.3 Å². The fourth-order valence-corrected chi connectivity index (χ4v) is 2.99. The maximum Gasteiger partial charge on any atom is 0.251 e. The highest BCUT2D eigenvalue weighted by atomic mass is 16.5. The number of hydrogen-bond donors (Lipinski definition) is 1. The molecule has 130 valence electrons. The van der Waals surface area contributed by atoms with E-state index in [0.29, 0.717) is 24.3 Å². The molecule has 1 aliphatic heterocycles. The van der Waals surface area contributed by atoms with E-state index in [0.717, 1.165) is 30.0 Å². The van der Waals surface area contributed by atoms with Crippen molar-refractivity contribution in [3.63, 3.8) is 0 Å². The van der Waals surface area contributed by atoms with Crippen LogP contribution in [0.1, 0.15) is 27.9 Å². The Kier molecular flexibility index (Phi) is 5.33. The highest BCUT2D eigenvalue weighted by Gasteiger charge is 2.18. The van der Waals surface area contributed by atoms with E-state index >= 15 is 0 Å². The monoisotopic (exact) mass is 338 g/mol. The highest BCUT2D eigenvalue weighted by Crippen LogP contribution is 2.32. The number of amides is 1. The lowest BCUT2D eigenvalue weighted by molar-refractivity contribution is 0.0955. The largest absolute Gasteiger partial charge is 0.493 e. The second-order valence-electron chi connectivity index (χ2n) is 5.81. The summed E-state index contributed by atoms with van der Waals surface area (Å²) in [7, 11) is 3.27. The number of benzene rings is 2. The molecule has 1 amide bonds. The topological polar surface area (TPSA) is 59.9 Å². The molecular weight excluding hydrogens is 316 g/mol. The van der Waals surface area contributed by atoms with Crippen molar-refractivity contribution in [1.82, 2.24) is 5.32 Å². The maximum absolute atomic E-state index is 12.1. The molecule has 1 aliphatic rings. The van der Waals surface area contributed by atoms with E-state index in [1.807, 2.05) is 30.3 Å². The summed E-state index contributed by atoms with van der Waals surface area (Å²) in [6, 6.07) is 13.2. The molecule has 5 nitrogen and oxygen atoms in total. The highest BCUT2D eigenvalue weighted by molar-refractivity contribution is 6.03. The van der Waals surface area contributed by atoms with Crippen molar-refractivity contribution in [3.8, 4) is 11.5 Å². The number of hydrogen-bond acceptors (Lipinski definition) is 4. The van der Waals surface area contributed by atoms with Crippen molar-refractivity contribution in [3.05, 3.63) is 59.2 Å². The molecule has 0 spiro atoms. The van der Waals surface area contributed by atoms with E-state index in [2.05, 4.69) is 10.3 Å². The van der Waals surface area contributed by atoms with Crippen LogP contribution in [-0.2, 0) is 6.42 Å². The molecule has 0 unspecified atom stereocenters. The number of ether oxygens (including phenoxy) is 2. The summed E-state index contributed by atoms with van der Waals surface area (Å²) in [6.45, 7) is 1.30. The Morgan fingerprint density at radius 2 is 1.84 bits per heavy atom. The molecule has 0 aromatic heterocycles. The zero-order valence-corrected chi connectivity index (χ0v) is 14.5. The molecule has 1 heterocycles. The summed E-state index contributed by atoms with van der Waals surface area (Å²) in [5, 5.41) is 2.95. The molecule has 0 saturated carbocycles. The van der Waals surface area contributed by atoms with Crippen LogP contribution in [0.25, 0.3) is 0 Å². The van der Waals surface area contributed by atoms with Gasteiger partial charge in [0.1, 0.15) is 0 Å². The molecule has 0 saturated heterocycles. The van der Waals surface area contributed by atoms with E-state index in [1.54, 1.807) is 26.4 Å². The zero-order chi connectivity index (χ0) is 17.6. The third-order valence-corrected chi connectivity index (χ3v) is 4.29. The van der Waals surface area contributed by atoms with Crippen LogP contribution < -0.4 is 14.8 Å². The zero-order valence-electron chi connectivity index (χ0n) is 14.5. The minimum atomic E-state index is -0.0652. The molecule has 0 aliphatic carbocycles. The third-order valence-electron chi connectivity index (χ3n) is 4.29. The second kappa shape index (κ2) is 7.83. The van der Waals surface area contributed by atoms with Gasteiger partial charge in [0, 0.05) is 36.3 Å². The van der Waals surface area contributed by atoms with Gasteiger partial charge in [-0.3, -0.25) is 9.79 Å². The molecule has 2 aromatic carbocycles. The molecule has 1 N–H and O–H groups in total. The van der Waals surface area contributed by atoms with E-state index in [1.165, 1.54) is 5.56 Å². The van der Waals surface area contributed by atoms with Crippen LogP contribution in [0.3, 0.4) is 0 Å². The first-order valence-corrected chi connectivity index (χ1v) is 8.34. The quantitative estimate of drug-likeness (QED) is 0.881. The lowest BCUT2D eigenvalue weighted by atomic mass is 9.95. The average molecular weight is 338 g/mol. The molecule has 0 atom stereocenters. The molecular formula is C20H22N2O3. The van der Waals surface area contributed by atoms with Crippen LogP contribution in [0, 0.1) is 0 Å². The predicted molar refractivity (Wildman–Crippen MR) is 98.0 cm³/mol. The fraction of sp³-hybridized carbons (Fsp3) is 0.300. The number of nitrogens with one attached hydrogen (secondary N) is 1. The van der Waals surface area contributed by atoms with E-state index in [-0.39, 0.29) is 5.91 Å². The van der Waals surface area contributed by atoms with Crippen molar-refractivity contribution in [1.29, 1.82) is 0 Å². The Morgan fingerprint density at radius 3 is 2.56 bits per heavy atom. The standard InChI is InChI=1S/C20H22N2O3/c1-24-18-12-15-8-10-21-17(16(15)13-19(18)25-2)9-11-22-20(23)14-6-4-3-5-7-14/h3-7,12-13H,8-11H2,1-2H3,(H,22,23). The average Bonchev–Trinajstić information content (AvgIpc) is 2.67. The summed E-state index contributed by atoms with van der Waals surface area (Å²) in [5.41, 5.74) is 3.95. The summed E-state index contributed by atoms with van der Waals surface area (Å²) < 4.78 is 10.8. The van der Waals surface area contributed by atoms with Crippen molar-refractivity contribution >= 4 is 11.6 Å². The minimum Gasteiger partial charge on any atom is -0.493 e. The van der Waals surface area contributed by atoms with Gasteiger partial charge in [-0.1, -0.05) is 18.2 Å². The molecule has 2 aromatic rings. The first-order chi connectivity index (χ1) is 12.2. The van der Waals surface area contributed by atoms with Crippen LogP contribution in [0.15, 0.2) is 47.5 Å². The summed E-state index contributed by atoms with van der Waals surface area (Å²) in [6.07, 6.45) is 1.57. The number of nitrogens with zero attached hydrogens (tertiary/aromatic N) is 1. The first kappa shape index (κ1) is 17.0. The minimum absolute atomic E-state index is 0.0652. The van der Waals surface area contributed by atoms with Gasteiger partial charge in [0.2, 0.25) is 0 Å². The van der Waals surface area contributed by atoms with Crippen LogP contribution in [0.4, 0.5) is 0 Å². The van der Waals surface area contributed by atoms with Crippen LogP contribution in [-0.4, -0.2) is 38.9 Å². The van der Waals surface area contributed by atoms with Crippen molar-refractivity contribution in [2.45, 2.75) is 12.8 Å². The Balaban J connectivity index is 1.68. The fourth-order valence-electron chi connectivity index (χ4n) is 2.99.